The second kappa shape index (κ2) is 10.6. The van der Waals surface area contributed by atoms with Crippen molar-refractivity contribution in [1.29, 1.82) is 0 Å². The SMILES string of the molecule is CCCc1nc2ccc(Br)cc2c(=O)n1N=Cc1cc([N+](=O)[O-])ccc1OCc1ccc(F)cc1. The molecule has 1 aromatic heterocycles. The largest absolute Gasteiger partial charge is 0.488 e. The van der Waals surface area contributed by atoms with Gasteiger partial charge in [0.15, 0.2) is 0 Å². The molecule has 178 valence electrons. The smallest absolute Gasteiger partial charge is 0.282 e. The van der Waals surface area contributed by atoms with Gasteiger partial charge in [-0.05, 0) is 48.4 Å². The Hall–Kier alpha value is -3.92. The van der Waals surface area contributed by atoms with E-state index in [1.165, 1.54) is 41.2 Å². The minimum Gasteiger partial charge on any atom is -0.488 e. The number of benzene rings is 3. The number of ether oxygens (including phenoxy) is 1. The van der Waals surface area contributed by atoms with Crippen LogP contribution in [0.5, 0.6) is 5.75 Å². The van der Waals surface area contributed by atoms with Gasteiger partial charge >= 0.3 is 0 Å². The molecule has 0 N–H and O–H groups in total. The highest BCUT2D eigenvalue weighted by Crippen LogP contribution is 2.24. The molecule has 1 heterocycles. The first-order valence-corrected chi connectivity index (χ1v) is 11.6. The van der Waals surface area contributed by atoms with Gasteiger partial charge < -0.3 is 4.74 Å². The molecule has 0 atom stereocenters. The number of aromatic nitrogens is 2. The molecular formula is C25H20BrFN4O4. The van der Waals surface area contributed by atoms with E-state index in [1.54, 1.807) is 24.3 Å². The summed E-state index contributed by atoms with van der Waals surface area (Å²) >= 11 is 3.37. The first-order chi connectivity index (χ1) is 16.9. The van der Waals surface area contributed by atoms with E-state index in [2.05, 4.69) is 26.0 Å². The Morgan fingerprint density at radius 3 is 2.66 bits per heavy atom. The number of hydrogen-bond donors (Lipinski definition) is 0. The van der Waals surface area contributed by atoms with Crippen LogP contribution in [0.25, 0.3) is 10.9 Å². The van der Waals surface area contributed by atoms with E-state index in [9.17, 15) is 19.3 Å². The maximum absolute atomic E-state index is 13.2. The molecule has 0 fully saturated rings. The molecule has 0 saturated carbocycles. The average Bonchev–Trinajstić information content (AvgIpc) is 2.84. The van der Waals surface area contributed by atoms with Gasteiger partial charge in [-0.2, -0.15) is 9.78 Å². The van der Waals surface area contributed by atoms with Crippen molar-refractivity contribution >= 4 is 38.7 Å². The molecule has 8 nitrogen and oxygen atoms in total. The van der Waals surface area contributed by atoms with Crippen LogP contribution < -0.4 is 10.3 Å². The molecule has 4 rings (SSSR count). The van der Waals surface area contributed by atoms with Crippen molar-refractivity contribution in [2.24, 2.45) is 5.10 Å². The lowest BCUT2D eigenvalue weighted by Crippen LogP contribution is -2.22. The predicted octanol–water partition coefficient (Wildman–Crippen LogP) is 5.62. The molecule has 0 aliphatic carbocycles. The number of hydrogen-bond acceptors (Lipinski definition) is 6. The van der Waals surface area contributed by atoms with Crippen LogP contribution in [0.4, 0.5) is 10.1 Å². The van der Waals surface area contributed by atoms with Crippen molar-refractivity contribution in [3.05, 3.63) is 108 Å². The van der Waals surface area contributed by atoms with Crippen LogP contribution in [-0.2, 0) is 13.0 Å². The van der Waals surface area contributed by atoms with Gasteiger partial charge in [0.25, 0.3) is 11.2 Å². The normalized spacial score (nSPS) is 11.3. The highest BCUT2D eigenvalue weighted by atomic mass is 79.9. The van der Waals surface area contributed by atoms with Crippen molar-refractivity contribution in [1.82, 2.24) is 9.66 Å². The van der Waals surface area contributed by atoms with E-state index in [4.69, 9.17) is 4.74 Å². The molecule has 0 unspecified atom stereocenters. The Balaban J connectivity index is 1.75. The predicted molar refractivity (Wildman–Crippen MR) is 135 cm³/mol. The van der Waals surface area contributed by atoms with Crippen LogP contribution in [0.2, 0.25) is 0 Å². The van der Waals surface area contributed by atoms with E-state index in [1.807, 2.05) is 13.0 Å². The van der Waals surface area contributed by atoms with Gasteiger partial charge in [-0.1, -0.05) is 35.0 Å². The van der Waals surface area contributed by atoms with E-state index in [0.29, 0.717) is 34.5 Å². The number of fused-ring (bicyclic) bond motifs is 1. The van der Waals surface area contributed by atoms with Crippen LogP contribution in [0, 0.1) is 15.9 Å². The fourth-order valence-electron chi connectivity index (χ4n) is 3.44. The number of nitro benzene ring substituents is 1. The zero-order chi connectivity index (χ0) is 24.9. The standard InChI is InChI=1S/C25H20BrFN4O4/c1-2-3-24-29-22-10-6-18(26)13-21(22)25(32)30(24)28-14-17-12-20(31(33)34)9-11-23(17)35-15-16-4-7-19(27)8-5-16/h4-14H,2-3,15H2,1H3. The zero-order valence-electron chi connectivity index (χ0n) is 18.6. The minimum atomic E-state index is -0.523. The molecule has 0 radical (unpaired) electrons. The Bertz CT molecular complexity index is 1490. The summed E-state index contributed by atoms with van der Waals surface area (Å²) in [5.41, 5.74) is 1.09. The number of non-ortho nitro benzene ring substituents is 1. The van der Waals surface area contributed by atoms with Gasteiger partial charge in [0.05, 0.1) is 22.0 Å². The second-order valence-corrected chi connectivity index (χ2v) is 8.61. The summed E-state index contributed by atoms with van der Waals surface area (Å²) in [7, 11) is 0. The van der Waals surface area contributed by atoms with E-state index >= 15 is 0 Å². The highest BCUT2D eigenvalue weighted by Gasteiger charge is 2.13. The average molecular weight is 539 g/mol. The quantitative estimate of drug-likeness (QED) is 0.164. The van der Waals surface area contributed by atoms with Crippen molar-refractivity contribution < 1.29 is 14.1 Å². The summed E-state index contributed by atoms with van der Waals surface area (Å²) in [5.74, 6) is 0.439. The third kappa shape index (κ3) is 5.60. The summed E-state index contributed by atoms with van der Waals surface area (Å²) in [6.07, 6.45) is 2.60. The monoisotopic (exact) mass is 538 g/mol. The van der Waals surface area contributed by atoms with Crippen LogP contribution in [0.1, 0.15) is 30.3 Å². The maximum Gasteiger partial charge on any atom is 0.282 e. The number of nitrogens with zero attached hydrogens (tertiary/aromatic N) is 4. The van der Waals surface area contributed by atoms with Gasteiger partial charge in [-0.25, -0.2) is 9.37 Å². The fraction of sp³-hybridized carbons (Fsp3) is 0.160. The molecule has 35 heavy (non-hydrogen) atoms. The molecule has 4 aromatic rings. The topological polar surface area (TPSA) is 99.6 Å². The highest BCUT2D eigenvalue weighted by molar-refractivity contribution is 9.10. The lowest BCUT2D eigenvalue weighted by atomic mass is 10.2. The first-order valence-electron chi connectivity index (χ1n) is 10.8. The molecule has 3 aromatic carbocycles. The van der Waals surface area contributed by atoms with Gasteiger partial charge in [0.1, 0.15) is 24.0 Å². The van der Waals surface area contributed by atoms with Crippen LogP contribution >= 0.6 is 15.9 Å². The molecule has 0 bridgehead atoms. The van der Waals surface area contributed by atoms with Crippen LogP contribution in [0.15, 0.2) is 75.0 Å². The molecule has 10 heteroatoms. The lowest BCUT2D eigenvalue weighted by Gasteiger charge is -2.11. The maximum atomic E-state index is 13.2. The Morgan fingerprint density at radius 1 is 1.17 bits per heavy atom. The first kappa shape index (κ1) is 24.2. The van der Waals surface area contributed by atoms with Gasteiger partial charge in [-0.3, -0.25) is 14.9 Å². The Labute approximate surface area is 208 Å². The summed E-state index contributed by atoms with van der Waals surface area (Å²) in [6.45, 7) is 2.08. The van der Waals surface area contributed by atoms with Crippen LogP contribution in [0.3, 0.4) is 0 Å². The van der Waals surface area contributed by atoms with E-state index in [-0.39, 0.29) is 23.7 Å². The number of rotatable bonds is 8. The fourth-order valence-corrected chi connectivity index (χ4v) is 3.80. The van der Waals surface area contributed by atoms with Crippen molar-refractivity contribution in [2.45, 2.75) is 26.4 Å². The number of aryl methyl sites for hydroxylation is 1. The number of nitro groups is 1. The van der Waals surface area contributed by atoms with E-state index in [0.717, 1.165) is 16.5 Å². The summed E-state index contributed by atoms with van der Waals surface area (Å²) in [6, 6.07) is 15.2. The summed E-state index contributed by atoms with van der Waals surface area (Å²) in [4.78, 5) is 28.6. The van der Waals surface area contributed by atoms with Gasteiger partial charge in [-0.15, -0.1) is 0 Å². The van der Waals surface area contributed by atoms with Crippen molar-refractivity contribution in [3.8, 4) is 5.75 Å². The molecular weight excluding hydrogens is 519 g/mol. The Kier molecular flexibility index (Phi) is 7.31. The van der Waals surface area contributed by atoms with Crippen molar-refractivity contribution in [2.75, 3.05) is 0 Å². The molecule has 0 saturated heterocycles. The zero-order valence-corrected chi connectivity index (χ0v) is 20.2. The Morgan fingerprint density at radius 2 is 1.94 bits per heavy atom. The third-order valence-electron chi connectivity index (χ3n) is 5.17. The third-order valence-corrected chi connectivity index (χ3v) is 5.67. The number of halogens is 2. The van der Waals surface area contributed by atoms with Crippen LogP contribution in [-0.4, -0.2) is 20.8 Å². The van der Waals surface area contributed by atoms with Gasteiger partial charge in [0, 0.05) is 28.6 Å². The van der Waals surface area contributed by atoms with Crippen molar-refractivity contribution in [3.63, 3.8) is 0 Å². The summed E-state index contributed by atoms with van der Waals surface area (Å²) < 4.78 is 21.0. The minimum absolute atomic E-state index is 0.117. The second-order valence-electron chi connectivity index (χ2n) is 7.70. The molecule has 0 aliphatic rings. The molecule has 0 spiro atoms. The lowest BCUT2D eigenvalue weighted by molar-refractivity contribution is -0.384. The van der Waals surface area contributed by atoms with E-state index < -0.39 is 4.92 Å². The molecule has 0 aliphatic heterocycles. The summed E-state index contributed by atoms with van der Waals surface area (Å²) in [5, 5.41) is 16.1. The molecule has 0 amide bonds. The van der Waals surface area contributed by atoms with Gasteiger partial charge in [0.2, 0.25) is 0 Å².